The Bertz CT molecular complexity index is 883. The third-order valence-electron chi connectivity index (χ3n) is 9.70. The van der Waals surface area contributed by atoms with Crippen LogP contribution in [0.1, 0.15) is 160 Å². The van der Waals surface area contributed by atoms with Crippen molar-refractivity contribution in [1.29, 1.82) is 0 Å². The largest absolute Gasteiger partial charge is 0.493 e. The van der Waals surface area contributed by atoms with E-state index < -0.39 is 0 Å². The number of benzene rings is 1. The van der Waals surface area contributed by atoms with E-state index >= 15 is 0 Å². The zero-order chi connectivity index (χ0) is 32.2. The number of piperazine rings is 1. The van der Waals surface area contributed by atoms with Crippen LogP contribution in [0.3, 0.4) is 0 Å². The molecule has 258 valence electrons. The van der Waals surface area contributed by atoms with Crippen molar-refractivity contribution in [3.63, 3.8) is 0 Å². The molecule has 2 rings (SSSR count). The summed E-state index contributed by atoms with van der Waals surface area (Å²) in [7, 11) is 0. The van der Waals surface area contributed by atoms with E-state index in [1.165, 1.54) is 121 Å². The van der Waals surface area contributed by atoms with Crippen molar-refractivity contribution in [2.45, 2.75) is 156 Å². The van der Waals surface area contributed by atoms with Crippen LogP contribution < -0.4 is 4.74 Å². The molecule has 1 fully saturated rings. The first kappa shape index (κ1) is 39.6. The normalized spacial score (nSPS) is 14.8. The van der Waals surface area contributed by atoms with Crippen molar-refractivity contribution in [2.75, 3.05) is 52.5 Å². The molecule has 1 aromatic rings. The van der Waals surface area contributed by atoms with Crippen LogP contribution in [0.5, 0.6) is 5.75 Å². The Labute approximate surface area is 280 Å². The lowest BCUT2D eigenvalue weighted by atomic mass is 10.00. The molecule has 45 heavy (non-hydrogen) atoms. The summed E-state index contributed by atoms with van der Waals surface area (Å²) < 4.78 is 6.40. The molecular formula is C41H72N2O2. The van der Waals surface area contributed by atoms with Crippen LogP contribution in [0.4, 0.5) is 0 Å². The highest BCUT2D eigenvalue weighted by Gasteiger charge is 2.15. The Morgan fingerprint density at radius 2 is 1.29 bits per heavy atom. The topological polar surface area (TPSA) is 35.9 Å². The number of hydrogen-bond acceptors (Lipinski definition) is 4. The summed E-state index contributed by atoms with van der Waals surface area (Å²) in [5.74, 6) is 8.63. The van der Waals surface area contributed by atoms with Gasteiger partial charge >= 0.3 is 0 Å². The second-order valence-electron chi connectivity index (χ2n) is 13.8. The van der Waals surface area contributed by atoms with Gasteiger partial charge in [0.1, 0.15) is 5.75 Å². The minimum atomic E-state index is 0.271. The van der Waals surface area contributed by atoms with E-state index in [0.717, 1.165) is 76.5 Å². The Kier molecular flexibility index (Phi) is 24.3. The predicted molar refractivity (Wildman–Crippen MR) is 195 cm³/mol. The van der Waals surface area contributed by atoms with Crippen molar-refractivity contribution < 1.29 is 9.84 Å². The first-order valence-corrected chi connectivity index (χ1v) is 19.5. The van der Waals surface area contributed by atoms with Gasteiger partial charge in [-0.25, -0.2) is 0 Å². The fraction of sp³-hybridized carbons (Fsp3) is 0.805. The third-order valence-corrected chi connectivity index (χ3v) is 9.70. The summed E-state index contributed by atoms with van der Waals surface area (Å²) in [4.78, 5) is 4.93. The lowest BCUT2D eigenvalue weighted by Gasteiger charge is -2.34. The molecular weight excluding hydrogens is 552 g/mol. The summed E-state index contributed by atoms with van der Waals surface area (Å²) in [6.07, 6.45) is 27.6. The highest BCUT2D eigenvalue weighted by Crippen LogP contribution is 2.22. The van der Waals surface area contributed by atoms with Gasteiger partial charge in [0, 0.05) is 44.7 Å². The Hall–Kier alpha value is -1.54. The number of unbranched alkanes of at least 4 members (excludes halogenated alkanes) is 15. The van der Waals surface area contributed by atoms with E-state index in [0.29, 0.717) is 5.92 Å². The number of ether oxygens (including phenoxy) is 1. The van der Waals surface area contributed by atoms with Gasteiger partial charge in [0.15, 0.2) is 0 Å². The molecule has 1 aliphatic rings. The zero-order valence-electron chi connectivity index (χ0n) is 30.1. The minimum Gasteiger partial charge on any atom is -0.493 e. The quantitative estimate of drug-likeness (QED) is 0.0781. The molecule has 1 unspecified atom stereocenters. The number of aryl methyl sites for hydroxylation is 1. The van der Waals surface area contributed by atoms with Gasteiger partial charge in [-0.2, -0.15) is 0 Å². The fourth-order valence-electron chi connectivity index (χ4n) is 6.51. The lowest BCUT2D eigenvalue weighted by molar-refractivity contribution is 0.111. The zero-order valence-corrected chi connectivity index (χ0v) is 30.1. The standard InChI is InChI=1S/C41H72N2O2/c1-4-7-9-10-11-12-13-14-15-16-17-18-21-25-39-34-40(36-41(35-39)45-37-38(6-3)24-8-5-2)26-22-19-20-23-27-42-28-30-43(31-29-42)32-33-44/h34-36,38,44H,4-21,23-25,27-33,37H2,1-3H3. The van der Waals surface area contributed by atoms with Crippen LogP contribution in [0.15, 0.2) is 18.2 Å². The molecule has 1 N–H and O–H groups in total. The third kappa shape index (κ3) is 20.3. The van der Waals surface area contributed by atoms with Gasteiger partial charge in [0.05, 0.1) is 13.2 Å². The summed E-state index contributed by atoms with van der Waals surface area (Å²) in [5, 5.41) is 9.15. The number of hydrogen-bond donors (Lipinski definition) is 1. The van der Waals surface area contributed by atoms with Crippen molar-refractivity contribution in [1.82, 2.24) is 9.80 Å². The number of β-amino-alcohol motifs (C(OH)–C–C–N with tert-alkyl or cyclic N) is 1. The molecule has 1 heterocycles. The van der Waals surface area contributed by atoms with Crippen molar-refractivity contribution in [3.8, 4) is 17.6 Å². The number of rotatable bonds is 27. The van der Waals surface area contributed by atoms with Crippen LogP contribution in [0, 0.1) is 17.8 Å². The highest BCUT2D eigenvalue weighted by atomic mass is 16.5. The second-order valence-corrected chi connectivity index (χ2v) is 13.8. The monoisotopic (exact) mass is 625 g/mol. The highest BCUT2D eigenvalue weighted by molar-refractivity contribution is 5.43. The molecule has 1 atom stereocenters. The van der Waals surface area contributed by atoms with Crippen LogP contribution in [0.2, 0.25) is 0 Å². The Morgan fingerprint density at radius 1 is 0.689 bits per heavy atom. The summed E-state index contributed by atoms with van der Waals surface area (Å²) in [6, 6.07) is 6.79. The molecule has 0 radical (unpaired) electrons. The maximum absolute atomic E-state index is 9.15. The van der Waals surface area contributed by atoms with E-state index in [2.05, 4.69) is 60.6 Å². The molecule has 0 saturated carbocycles. The number of nitrogens with zero attached hydrogens (tertiary/aromatic N) is 2. The van der Waals surface area contributed by atoms with Crippen LogP contribution in [-0.4, -0.2) is 67.4 Å². The average Bonchev–Trinajstić information content (AvgIpc) is 3.06. The van der Waals surface area contributed by atoms with Gasteiger partial charge in [-0.15, -0.1) is 0 Å². The maximum Gasteiger partial charge on any atom is 0.120 e. The van der Waals surface area contributed by atoms with Crippen molar-refractivity contribution in [2.24, 2.45) is 5.92 Å². The van der Waals surface area contributed by atoms with Crippen LogP contribution >= 0.6 is 0 Å². The van der Waals surface area contributed by atoms with Gasteiger partial charge < -0.3 is 14.7 Å². The first-order valence-electron chi connectivity index (χ1n) is 19.5. The smallest absolute Gasteiger partial charge is 0.120 e. The number of aliphatic hydroxyl groups excluding tert-OH is 1. The van der Waals surface area contributed by atoms with Gasteiger partial charge in [-0.05, 0) is 68.3 Å². The molecule has 0 bridgehead atoms. The molecule has 0 aliphatic carbocycles. The molecule has 1 aromatic carbocycles. The molecule has 0 spiro atoms. The Balaban J connectivity index is 1.75. The number of aliphatic hydroxyl groups is 1. The second kappa shape index (κ2) is 27.6. The van der Waals surface area contributed by atoms with Gasteiger partial charge in [-0.1, -0.05) is 129 Å². The molecule has 1 aliphatic heterocycles. The molecule has 4 nitrogen and oxygen atoms in total. The van der Waals surface area contributed by atoms with E-state index in [4.69, 9.17) is 9.84 Å². The van der Waals surface area contributed by atoms with Gasteiger partial charge in [-0.3, -0.25) is 4.90 Å². The molecule has 0 aromatic heterocycles. The maximum atomic E-state index is 9.15. The van der Waals surface area contributed by atoms with E-state index in [1.54, 1.807) is 0 Å². The summed E-state index contributed by atoms with van der Waals surface area (Å²) in [5.41, 5.74) is 2.51. The molecule has 1 saturated heterocycles. The summed E-state index contributed by atoms with van der Waals surface area (Å²) in [6.45, 7) is 14.3. The van der Waals surface area contributed by atoms with E-state index in [9.17, 15) is 0 Å². The van der Waals surface area contributed by atoms with Gasteiger partial charge in [0.2, 0.25) is 0 Å². The first-order chi connectivity index (χ1) is 22.2. The SMILES string of the molecule is CCCCCCCCCCCCCCCc1cc(C#CCCCCN2CCN(CCO)CC2)cc(OCC(CC)CCCC)c1. The van der Waals surface area contributed by atoms with E-state index in [-0.39, 0.29) is 6.61 Å². The average molecular weight is 625 g/mol. The van der Waals surface area contributed by atoms with E-state index in [1.807, 2.05) is 0 Å². The van der Waals surface area contributed by atoms with Gasteiger partial charge in [0.25, 0.3) is 0 Å². The predicted octanol–water partition coefficient (Wildman–Crippen LogP) is 10.0. The fourth-order valence-corrected chi connectivity index (χ4v) is 6.51. The minimum absolute atomic E-state index is 0.271. The molecule has 4 heteroatoms. The lowest BCUT2D eigenvalue weighted by Crippen LogP contribution is -2.47. The summed E-state index contributed by atoms with van der Waals surface area (Å²) >= 11 is 0. The van der Waals surface area contributed by atoms with Crippen molar-refractivity contribution in [3.05, 3.63) is 29.3 Å². The van der Waals surface area contributed by atoms with Crippen LogP contribution in [0.25, 0.3) is 0 Å². The Morgan fingerprint density at radius 3 is 1.89 bits per heavy atom. The van der Waals surface area contributed by atoms with Crippen LogP contribution in [-0.2, 0) is 6.42 Å². The molecule has 0 amide bonds. The van der Waals surface area contributed by atoms with Crippen molar-refractivity contribution >= 4 is 0 Å².